The highest BCUT2D eigenvalue weighted by Crippen LogP contribution is 2.22. The molecule has 0 aromatic heterocycles. The quantitative estimate of drug-likeness (QED) is 0.263. The molecule has 0 atom stereocenters. The van der Waals surface area contributed by atoms with Crippen molar-refractivity contribution in [3.8, 4) is 0 Å². The van der Waals surface area contributed by atoms with Crippen molar-refractivity contribution in [2.24, 2.45) is 0 Å². The topological polar surface area (TPSA) is 126 Å². The lowest BCUT2D eigenvalue weighted by molar-refractivity contribution is -0.114. The van der Waals surface area contributed by atoms with Crippen LogP contribution in [0.25, 0.3) is 0 Å². The summed E-state index contributed by atoms with van der Waals surface area (Å²) in [5.74, 6) is -0.104. The standard InChI is InChI=1S/C15H14ClNO3S2.C9H10BrNO3S/c1-22(19,20)14-7-5-12(6-8-14)17-15(18)10-21-13-4-2-3-11(16)9-13;1-15(13,14)8-4-2-7(3-5-8)11-9(12)6-10/h2-9H,10H2,1H3,(H,17,18);2-5H,6H2,1H3,(H,11,12). The van der Waals surface area contributed by atoms with Crippen molar-refractivity contribution in [3.05, 3.63) is 77.8 Å². The van der Waals surface area contributed by atoms with E-state index in [4.69, 9.17) is 11.6 Å². The van der Waals surface area contributed by atoms with Gasteiger partial charge in [-0.2, -0.15) is 0 Å². The minimum absolute atomic E-state index is 0.169. The van der Waals surface area contributed by atoms with Crippen LogP contribution in [0.1, 0.15) is 0 Å². The van der Waals surface area contributed by atoms with Gasteiger partial charge in [-0.15, -0.1) is 11.8 Å². The van der Waals surface area contributed by atoms with E-state index >= 15 is 0 Å². The fourth-order valence-electron chi connectivity index (χ4n) is 2.67. The van der Waals surface area contributed by atoms with Crippen molar-refractivity contribution in [1.29, 1.82) is 0 Å². The molecule has 0 spiro atoms. The van der Waals surface area contributed by atoms with E-state index in [1.807, 2.05) is 12.1 Å². The second-order valence-electron chi connectivity index (χ2n) is 7.57. The van der Waals surface area contributed by atoms with E-state index in [1.165, 1.54) is 36.0 Å². The first-order chi connectivity index (χ1) is 17.3. The van der Waals surface area contributed by atoms with Gasteiger partial charge in [-0.05, 0) is 66.7 Å². The maximum atomic E-state index is 11.9. The van der Waals surface area contributed by atoms with Gasteiger partial charge in [-0.3, -0.25) is 9.59 Å². The molecule has 0 saturated carbocycles. The highest BCUT2D eigenvalue weighted by molar-refractivity contribution is 9.09. The van der Waals surface area contributed by atoms with Crippen molar-refractivity contribution >= 4 is 82.2 Å². The molecular weight excluding hydrogens is 624 g/mol. The highest BCUT2D eigenvalue weighted by atomic mass is 79.9. The Morgan fingerprint density at radius 3 is 1.65 bits per heavy atom. The number of hydrogen-bond acceptors (Lipinski definition) is 7. The third-order valence-electron chi connectivity index (χ3n) is 4.42. The smallest absolute Gasteiger partial charge is 0.235 e. The summed E-state index contributed by atoms with van der Waals surface area (Å²) in [4.78, 5) is 24.2. The summed E-state index contributed by atoms with van der Waals surface area (Å²) in [6.07, 6.45) is 2.28. The number of halogens is 2. The second kappa shape index (κ2) is 14.0. The van der Waals surface area contributed by atoms with Gasteiger partial charge in [0, 0.05) is 33.8 Å². The summed E-state index contributed by atoms with van der Waals surface area (Å²) in [6.45, 7) is 0. The summed E-state index contributed by atoms with van der Waals surface area (Å²) in [7, 11) is -6.40. The lowest BCUT2D eigenvalue weighted by Crippen LogP contribution is -2.14. The largest absolute Gasteiger partial charge is 0.325 e. The fraction of sp³-hybridized carbons (Fsp3) is 0.167. The number of benzene rings is 3. The first-order valence-electron chi connectivity index (χ1n) is 10.4. The zero-order chi connectivity index (χ0) is 27.6. The number of nitrogens with one attached hydrogen (secondary N) is 2. The number of carbonyl (C=O) groups is 2. The molecule has 0 radical (unpaired) electrons. The zero-order valence-corrected chi connectivity index (χ0v) is 24.6. The van der Waals surface area contributed by atoms with Crippen LogP contribution in [-0.4, -0.2) is 52.2 Å². The van der Waals surface area contributed by atoms with Gasteiger partial charge in [0.1, 0.15) is 0 Å². The molecule has 0 fully saturated rings. The van der Waals surface area contributed by atoms with Gasteiger partial charge in [0.15, 0.2) is 19.7 Å². The summed E-state index contributed by atoms with van der Waals surface area (Å²) in [5.41, 5.74) is 1.14. The highest BCUT2D eigenvalue weighted by Gasteiger charge is 2.09. The van der Waals surface area contributed by atoms with E-state index in [-0.39, 0.29) is 32.7 Å². The van der Waals surface area contributed by atoms with Gasteiger partial charge in [0.25, 0.3) is 0 Å². The molecule has 2 amide bonds. The first kappa shape index (κ1) is 30.8. The SMILES string of the molecule is CS(=O)(=O)c1ccc(NC(=O)CBr)cc1.CS(=O)(=O)c1ccc(NC(=O)CSc2cccc(Cl)c2)cc1. The molecule has 0 bridgehead atoms. The van der Waals surface area contributed by atoms with E-state index in [2.05, 4.69) is 26.6 Å². The van der Waals surface area contributed by atoms with Gasteiger partial charge in [-0.25, -0.2) is 16.8 Å². The third kappa shape index (κ3) is 11.3. The Hall–Kier alpha value is -2.38. The van der Waals surface area contributed by atoms with Crippen LogP contribution in [0.4, 0.5) is 11.4 Å². The number of sulfone groups is 2. The minimum Gasteiger partial charge on any atom is -0.325 e. The molecule has 0 aliphatic heterocycles. The van der Waals surface area contributed by atoms with Crippen molar-refractivity contribution in [2.75, 3.05) is 34.2 Å². The molecule has 0 heterocycles. The Labute approximate surface area is 234 Å². The molecule has 37 heavy (non-hydrogen) atoms. The molecule has 198 valence electrons. The van der Waals surface area contributed by atoms with E-state index in [9.17, 15) is 26.4 Å². The van der Waals surface area contributed by atoms with Crippen LogP contribution in [0.5, 0.6) is 0 Å². The number of rotatable bonds is 8. The molecule has 13 heteroatoms. The lowest BCUT2D eigenvalue weighted by Gasteiger charge is -2.06. The van der Waals surface area contributed by atoms with Gasteiger partial charge in [0.2, 0.25) is 11.8 Å². The number of anilines is 2. The molecule has 2 N–H and O–H groups in total. The van der Waals surface area contributed by atoms with Crippen LogP contribution < -0.4 is 10.6 Å². The third-order valence-corrected chi connectivity index (χ3v) is 8.41. The van der Waals surface area contributed by atoms with Crippen molar-refractivity contribution in [2.45, 2.75) is 14.7 Å². The lowest BCUT2D eigenvalue weighted by atomic mass is 10.3. The van der Waals surface area contributed by atoms with Crippen LogP contribution in [0, 0.1) is 0 Å². The monoisotopic (exact) mass is 646 g/mol. The van der Waals surface area contributed by atoms with E-state index in [0.29, 0.717) is 16.4 Å². The number of hydrogen-bond donors (Lipinski definition) is 2. The number of amides is 2. The second-order valence-corrected chi connectivity index (χ2v) is 13.6. The molecule has 0 unspecified atom stereocenters. The predicted octanol–water partition coefficient (Wildman–Crippen LogP) is 4.90. The van der Waals surface area contributed by atoms with Crippen molar-refractivity contribution in [1.82, 2.24) is 0 Å². The first-order valence-corrected chi connectivity index (χ1v) is 16.7. The average Bonchev–Trinajstić information content (AvgIpc) is 2.83. The van der Waals surface area contributed by atoms with Gasteiger partial charge < -0.3 is 10.6 Å². The summed E-state index contributed by atoms with van der Waals surface area (Å²) >= 11 is 10.3. The summed E-state index contributed by atoms with van der Waals surface area (Å²) in [6, 6.07) is 19.4. The minimum atomic E-state index is -3.23. The van der Waals surface area contributed by atoms with Crippen LogP contribution in [-0.2, 0) is 29.3 Å². The maximum absolute atomic E-state index is 11.9. The van der Waals surface area contributed by atoms with Crippen LogP contribution in [0.15, 0.2) is 87.5 Å². The van der Waals surface area contributed by atoms with Gasteiger partial charge >= 0.3 is 0 Å². The molecule has 0 aliphatic carbocycles. The Bertz CT molecular complexity index is 1450. The molecule has 8 nitrogen and oxygen atoms in total. The van der Waals surface area contributed by atoms with Crippen molar-refractivity contribution in [3.63, 3.8) is 0 Å². The van der Waals surface area contributed by atoms with Crippen LogP contribution in [0.3, 0.4) is 0 Å². The van der Waals surface area contributed by atoms with Crippen LogP contribution >= 0.6 is 39.3 Å². The van der Waals surface area contributed by atoms with E-state index in [0.717, 1.165) is 17.4 Å². The zero-order valence-electron chi connectivity index (χ0n) is 19.8. The maximum Gasteiger partial charge on any atom is 0.235 e. The molecule has 3 rings (SSSR count). The van der Waals surface area contributed by atoms with Gasteiger partial charge in [0.05, 0.1) is 20.9 Å². The normalized spacial score (nSPS) is 11.1. The molecule has 0 saturated heterocycles. The van der Waals surface area contributed by atoms with Crippen LogP contribution in [0.2, 0.25) is 5.02 Å². The fourth-order valence-corrected chi connectivity index (χ4v) is 5.08. The number of thioether (sulfide) groups is 1. The molecule has 0 aliphatic rings. The van der Waals surface area contributed by atoms with E-state index < -0.39 is 19.7 Å². The van der Waals surface area contributed by atoms with Gasteiger partial charge in [-0.1, -0.05) is 33.6 Å². The predicted molar refractivity (Wildman–Crippen MR) is 152 cm³/mol. The summed E-state index contributed by atoms with van der Waals surface area (Å²) in [5, 5.41) is 6.14. The number of alkyl halides is 1. The Morgan fingerprint density at radius 1 is 0.784 bits per heavy atom. The Kier molecular flexibility index (Phi) is 11.6. The molecule has 3 aromatic rings. The Morgan fingerprint density at radius 2 is 1.24 bits per heavy atom. The Balaban J connectivity index is 0.000000281. The molecular formula is C24H24BrClN2O6S3. The molecule has 3 aromatic carbocycles. The summed E-state index contributed by atoms with van der Waals surface area (Å²) < 4.78 is 45.0. The van der Waals surface area contributed by atoms with Crippen molar-refractivity contribution < 1.29 is 26.4 Å². The van der Waals surface area contributed by atoms with E-state index in [1.54, 1.807) is 36.4 Å². The average molecular weight is 648 g/mol. The number of carbonyl (C=O) groups excluding carboxylic acids is 2.